The lowest BCUT2D eigenvalue weighted by Gasteiger charge is -2.05. The highest BCUT2D eigenvalue weighted by molar-refractivity contribution is 6.33. The minimum absolute atomic E-state index is 0.305. The summed E-state index contributed by atoms with van der Waals surface area (Å²) < 4.78 is 6.21. The summed E-state index contributed by atoms with van der Waals surface area (Å²) in [5.74, 6) is 0.174. The zero-order chi connectivity index (χ0) is 12.4. The lowest BCUT2D eigenvalue weighted by Crippen LogP contribution is -2.04. The van der Waals surface area contributed by atoms with Crippen molar-refractivity contribution in [3.05, 3.63) is 40.9 Å². The van der Waals surface area contributed by atoms with Gasteiger partial charge in [0.25, 0.3) is 0 Å². The Labute approximate surface area is 103 Å². The summed E-state index contributed by atoms with van der Waals surface area (Å²) in [5.41, 5.74) is 1.01. The molecule has 0 amide bonds. The second kappa shape index (κ2) is 4.55. The molecule has 0 unspecified atom stereocenters. The van der Waals surface area contributed by atoms with Crippen LogP contribution in [0, 0.1) is 6.92 Å². The number of halogens is 1. The van der Waals surface area contributed by atoms with Gasteiger partial charge in [0.15, 0.2) is 0 Å². The molecule has 0 aliphatic heterocycles. The number of rotatable bonds is 2. The average Bonchev–Trinajstić information content (AvgIpc) is 2.75. The van der Waals surface area contributed by atoms with Gasteiger partial charge in [0, 0.05) is 0 Å². The van der Waals surface area contributed by atoms with E-state index in [9.17, 15) is 4.79 Å². The Morgan fingerprint density at radius 3 is 2.82 bits per heavy atom. The van der Waals surface area contributed by atoms with E-state index in [4.69, 9.17) is 11.6 Å². The van der Waals surface area contributed by atoms with Gasteiger partial charge in [-0.25, -0.2) is 14.5 Å². The van der Waals surface area contributed by atoms with Crippen LogP contribution >= 0.6 is 11.6 Å². The molecule has 2 rings (SSSR count). The summed E-state index contributed by atoms with van der Waals surface area (Å²) in [7, 11) is 1.31. The molecule has 0 N–H and O–H groups in total. The van der Waals surface area contributed by atoms with Gasteiger partial charge < -0.3 is 4.74 Å². The molecule has 0 radical (unpaired) electrons. The lowest BCUT2D eigenvalue weighted by atomic mass is 10.2. The van der Waals surface area contributed by atoms with Gasteiger partial charge in [-0.05, 0) is 25.1 Å². The number of ether oxygens (including phenoxy) is 1. The summed E-state index contributed by atoms with van der Waals surface area (Å²) in [5, 5.41) is 4.49. The van der Waals surface area contributed by atoms with E-state index in [-0.39, 0.29) is 0 Å². The van der Waals surface area contributed by atoms with Crippen LogP contribution in [0.3, 0.4) is 0 Å². The van der Waals surface area contributed by atoms with E-state index in [1.807, 2.05) is 0 Å². The van der Waals surface area contributed by atoms with Crippen LogP contribution in [0.1, 0.15) is 16.2 Å². The number of aryl methyl sites for hydroxylation is 1. The fourth-order valence-electron chi connectivity index (χ4n) is 1.39. The van der Waals surface area contributed by atoms with Crippen LogP contribution in [0.25, 0.3) is 5.69 Å². The predicted molar refractivity (Wildman–Crippen MR) is 62.4 cm³/mol. The Balaban J connectivity index is 2.47. The first kappa shape index (κ1) is 11.6. The van der Waals surface area contributed by atoms with Crippen LogP contribution in [0.5, 0.6) is 0 Å². The van der Waals surface area contributed by atoms with E-state index >= 15 is 0 Å². The molecular weight excluding hydrogens is 242 g/mol. The van der Waals surface area contributed by atoms with E-state index in [2.05, 4.69) is 14.8 Å². The number of hydrogen-bond donors (Lipinski definition) is 0. The van der Waals surface area contributed by atoms with Crippen molar-refractivity contribution in [2.45, 2.75) is 6.92 Å². The maximum absolute atomic E-state index is 11.5. The third-order valence-corrected chi connectivity index (χ3v) is 2.56. The van der Waals surface area contributed by atoms with Gasteiger partial charge in [0.1, 0.15) is 12.2 Å². The van der Waals surface area contributed by atoms with Crippen molar-refractivity contribution in [3.8, 4) is 5.69 Å². The third-order valence-electron chi connectivity index (χ3n) is 2.23. The van der Waals surface area contributed by atoms with Crippen molar-refractivity contribution in [2.24, 2.45) is 0 Å². The minimum Gasteiger partial charge on any atom is -0.465 e. The summed E-state index contributed by atoms with van der Waals surface area (Å²) in [6.45, 7) is 1.79. The normalized spacial score (nSPS) is 10.3. The highest BCUT2D eigenvalue weighted by atomic mass is 35.5. The third kappa shape index (κ3) is 2.29. The number of nitrogens with zero attached hydrogens (tertiary/aromatic N) is 3. The summed E-state index contributed by atoms with van der Waals surface area (Å²) in [6, 6.07) is 4.99. The fourth-order valence-corrected chi connectivity index (χ4v) is 1.59. The molecule has 0 aliphatic rings. The van der Waals surface area contributed by atoms with Gasteiger partial charge in [-0.3, -0.25) is 0 Å². The zero-order valence-corrected chi connectivity index (χ0v) is 10.1. The molecule has 2 aromatic rings. The van der Waals surface area contributed by atoms with Crippen LogP contribution in [-0.4, -0.2) is 27.8 Å². The van der Waals surface area contributed by atoms with Crippen LogP contribution in [0.4, 0.5) is 0 Å². The molecular formula is C11H10ClN3O2. The Kier molecular flexibility index (Phi) is 3.10. The van der Waals surface area contributed by atoms with Crippen LogP contribution in [-0.2, 0) is 4.74 Å². The average molecular weight is 252 g/mol. The lowest BCUT2D eigenvalue weighted by molar-refractivity contribution is 0.0601. The number of methoxy groups -OCH3 is 1. The number of carbonyl (C=O) groups is 1. The molecule has 0 aliphatic carbocycles. The second-order valence-corrected chi connectivity index (χ2v) is 3.80. The Morgan fingerprint density at radius 2 is 2.24 bits per heavy atom. The molecule has 0 saturated heterocycles. The maximum Gasteiger partial charge on any atom is 0.339 e. The molecule has 1 aromatic carbocycles. The molecule has 17 heavy (non-hydrogen) atoms. The van der Waals surface area contributed by atoms with E-state index in [1.165, 1.54) is 7.11 Å². The van der Waals surface area contributed by atoms with Gasteiger partial charge in [0.05, 0.1) is 23.4 Å². The highest BCUT2D eigenvalue weighted by Crippen LogP contribution is 2.20. The molecule has 0 bridgehead atoms. The van der Waals surface area contributed by atoms with Gasteiger partial charge in [0.2, 0.25) is 0 Å². The monoisotopic (exact) mass is 251 g/mol. The highest BCUT2D eigenvalue weighted by Gasteiger charge is 2.12. The number of hydrogen-bond acceptors (Lipinski definition) is 4. The zero-order valence-electron chi connectivity index (χ0n) is 9.35. The first-order chi connectivity index (χ1) is 8.11. The van der Waals surface area contributed by atoms with Gasteiger partial charge in [-0.15, -0.1) is 0 Å². The first-order valence-corrected chi connectivity index (χ1v) is 5.26. The van der Waals surface area contributed by atoms with Crippen LogP contribution in [0.15, 0.2) is 24.5 Å². The second-order valence-electron chi connectivity index (χ2n) is 3.39. The molecule has 0 fully saturated rings. The van der Waals surface area contributed by atoms with Gasteiger partial charge in [-0.1, -0.05) is 11.6 Å². The summed E-state index contributed by atoms with van der Waals surface area (Å²) in [4.78, 5) is 15.5. The minimum atomic E-state index is -0.478. The predicted octanol–water partition coefficient (Wildman–Crippen LogP) is 2.02. The van der Waals surface area contributed by atoms with Crippen molar-refractivity contribution in [1.82, 2.24) is 14.8 Å². The van der Waals surface area contributed by atoms with E-state index in [0.29, 0.717) is 22.1 Å². The Bertz CT molecular complexity index is 566. The quantitative estimate of drug-likeness (QED) is 0.766. The van der Waals surface area contributed by atoms with E-state index < -0.39 is 5.97 Å². The standard InChI is InChI=1S/C11H10ClN3O2/c1-7-13-6-15(14-7)8-3-4-10(12)9(5-8)11(16)17-2/h3-6H,1-2H3. The Morgan fingerprint density at radius 1 is 1.47 bits per heavy atom. The van der Waals surface area contributed by atoms with Crippen molar-refractivity contribution >= 4 is 17.6 Å². The molecule has 1 heterocycles. The topological polar surface area (TPSA) is 57.0 Å². The maximum atomic E-state index is 11.5. The Hall–Kier alpha value is -1.88. The number of esters is 1. The van der Waals surface area contributed by atoms with Crippen LogP contribution < -0.4 is 0 Å². The smallest absolute Gasteiger partial charge is 0.339 e. The number of carbonyl (C=O) groups excluding carboxylic acids is 1. The molecule has 6 heteroatoms. The molecule has 0 spiro atoms. The molecule has 0 atom stereocenters. The largest absolute Gasteiger partial charge is 0.465 e. The molecule has 5 nitrogen and oxygen atoms in total. The summed E-state index contributed by atoms with van der Waals surface area (Å²) in [6.07, 6.45) is 1.57. The SMILES string of the molecule is COC(=O)c1cc(-n2cnc(C)n2)ccc1Cl. The number of aromatic nitrogens is 3. The van der Waals surface area contributed by atoms with Crippen molar-refractivity contribution in [2.75, 3.05) is 7.11 Å². The molecule has 1 aromatic heterocycles. The molecule has 88 valence electrons. The van der Waals surface area contributed by atoms with Gasteiger partial charge in [-0.2, -0.15) is 5.10 Å². The van der Waals surface area contributed by atoms with E-state index in [1.54, 1.807) is 36.1 Å². The van der Waals surface area contributed by atoms with E-state index in [0.717, 1.165) is 0 Å². The summed E-state index contributed by atoms with van der Waals surface area (Å²) >= 11 is 5.92. The van der Waals surface area contributed by atoms with Gasteiger partial charge >= 0.3 is 5.97 Å². The number of benzene rings is 1. The molecule has 0 saturated carbocycles. The van der Waals surface area contributed by atoms with Crippen molar-refractivity contribution in [3.63, 3.8) is 0 Å². The van der Waals surface area contributed by atoms with Crippen molar-refractivity contribution in [1.29, 1.82) is 0 Å². The first-order valence-electron chi connectivity index (χ1n) is 4.88. The van der Waals surface area contributed by atoms with Crippen LogP contribution in [0.2, 0.25) is 5.02 Å². The van der Waals surface area contributed by atoms with Crippen molar-refractivity contribution < 1.29 is 9.53 Å². The fraction of sp³-hybridized carbons (Fsp3) is 0.182.